The molecule has 0 spiro atoms. The third-order valence-electron chi connectivity index (χ3n) is 4.15. The summed E-state index contributed by atoms with van der Waals surface area (Å²) in [6, 6.07) is 12.8. The summed E-state index contributed by atoms with van der Waals surface area (Å²) >= 11 is 12.1. The number of halogens is 2. The second-order valence-electron chi connectivity index (χ2n) is 6.00. The van der Waals surface area contributed by atoms with Gasteiger partial charge in [-0.15, -0.1) is 0 Å². The van der Waals surface area contributed by atoms with Gasteiger partial charge in [-0.3, -0.25) is 4.79 Å². The molecular weight excluding hydrogens is 361 g/mol. The van der Waals surface area contributed by atoms with Crippen LogP contribution < -0.4 is 14.8 Å². The Bertz CT molecular complexity index is 725. The molecule has 0 heterocycles. The highest BCUT2D eigenvalue weighted by atomic mass is 35.5. The second kappa shape index (κ2) is 7.98. The van der Waals surface area contributed by atoms with E-state index in [1.165, 1.54) is 0 Å². The van der Waals surface area contributed by atoms with Gasteiger partial charge in [0, 0.05) is 0 Å². The summed E-state index contributed by atoms with van der Waals surface area (Å²) in [5.41, 5.74) is 1.06. The van der Waals surface area contributed by atoms with Gasteiger partial charge >= 0.3 is 0 Å². The van der Waals surface area contributed by atoms with Gasteiger partial charge in [-0.25, -0.2) is 0 Å². The SMILES string of the molecule is COc1ccc(C(NC(=O)COc2c(Cl)cccc2Cl)C2CC2)cc1. The zero-order valence-electron chi connectivity index (χ0n) is 13.8. The van der Waals surface area contributed by atoms with Gasteiger partial charge in [0.1, 0.15) is 5.75 Å². The van der Waals surface area contributed by atoms with Crippen molar-refractivity contribution in [2.45, 2.75) is 18.9 Å². The number of carbonyl (C=O) groups excluding carboxylic acids is 1. The van der Waals surface area contributed by atoms with Gasteiger partial charge in [-0.2, -0.15) is 0 Å². The Morgan fingerprint density at radius 1 is 1.16 bits per heavy atom. The lowest BCUT2D eigenvalue weighted by Crippen LogP contribution is -2.33. The molecular formula is C19H19Cl2NO3. The molecule has 0 aliphatic heterocycles. The number of ether oxygens (including phenoxy) is 2. The number of amides is 1. The van der Waals surface area contributed by atoms with E-state index in [4.69, 9.17) is 32.7 Å². The fourth-order valence-corrected chi connectivity index (χ4v) is 3.19. The predicted molar refractivity (Wildman–Crippen MR) is 98.6 cm³/mol. The maximum Gasteiger partial charge on any atom is 0.258 e. The van der Waals surface area contributed by atoms with Crippen molar-refractivity contribution in [3.8, 4) is 11.5 Å². The first-order chi connectivity index (χ1) is 12.1. The van der Waals surface area contributed by atoms with E-state index in [1.54, 1.807) is 25.3 Å². The summed E-state index contributed by atoms with van der Waals surface area (Å²) in [7, 11) is 1.63. The standard InChI is InChI=1S/C19H19Cl2NO3/c1-24-14-9-7-13(8-10-14)18(12-5-6-12)22-17(23)11-25-19-15(20)3-2-4-16(19)21/h2-4,7-10,12,18H,5-6,11H2,1H3,(H,22,23). The quantitative estimate of drug-likeness (QED) is 0.761. The summed E-state index contributed by atoms with van der Waals surface area (Å²) in [5, 5.41) is 3.82. The van der Waals surface area contributed by atoms with E-state index < -0.39 is 0 Å². The molecule has 3 rings (SSSR count). The summed E-state index contributed by atoms with van der Waals surface area (Å²) in [6.07, 6.45) is 2.21. The van der Waals surface area contributed by atoms with E-state index in [9.17, 15) is 4.79 Å². The Labute approximate surface area is 157 Å². The van der Waals surface area contributed by atoms with Crippen LogP contribution in [-0.2, 0) is 4.79 Å². The topological polar surface area (TPSA) is 47.6 Å². The van der Waals surface area contributed by atoms with E-state index in [2.05, 4.69) is 5.32 Å². The van der Waals surface area contributed by atoms with E-state index in [0.29, 0.717) is 21.7 Å². The number of benzene rings is 2. The first-order valence-electron chi connectivity index (χ1n) is 8.08. The minimum atomic E-state index is -0.205. The highest BCUT2D eigenvalue weighted by Crippen LogP contribution is 2.41. The molecule has 1 fully saturated rings. The molecule has 1 amide bonds. The summed E-state index contributed by atoms with van der Waals surface area (Å²) in [4.78, 5) is 12.3. The maximum absolute atomic E-state index is 12.3. The van der Waals surface area contributed by atoms with Crippen LogP contribution in [0.5, 0.6) is 11.5 Å². The van der Waals surface area contributed by atoms with Crippen molar-refractivity contribution < 1.29 is 14.3 Å². The average molecular weight is 380 g/mol. The molecule has 2 aromatic carbocycles. The normalized spacial score (nSPS) is 14.7. The molecule has 4 nitrogen and oxygen atoms in total. The smallest absolute Gasteiger partial charge is 0.258 e. The lowest BCUT2D eigenvalue weighted by atomic mass is 10.0. The molecule has 0 aromatic heterocycles. The third kappa shape index (κ3) is 4.59. The minimum Gasteiger partial charge on any atom is -0.497 e. The molecule has 1 atom stereocenters. The van der Waals surface area contributed by atoms with Crippen LogP contribution in [-0.4, -0.2) is 19.6 Å². The number of nitrogens with one attached hydrogen (secondary N) is 1. The number of hydrogen-bond acceptors (Lipinski definition) is 3. The fourth-order valence-electron chi connectivity index (χ4n) is 2.69. The van der Waals surface area contributed by atoms with Gasteiger partial charge in [0.25, 0.3) is 5.91 Å². The van der Waals surface area contributed by atoms with Crippen molar-refractivity contribution in [3.05, 3.63) is 58.1 Å². The molecule has 6 heteroatoms. The van der Waals surface area contributed by atoms with Crippen LogP contribution in [0, 0.1) is 5.92 Å². The van der Waals surface area contributed by atoms with E-state index in [-0.39, 0.29) is 18.6 Å². The Morgan fingerprint density at radius 2 is 1.80 bits per heavy atom. The van der Waals surface area contributed by atoms with Crippen molar-refractivity contribution in [3.63, 3.8) is 0 Å². The van der Waals surface area contributed by atoms with E-state index >= 15 is 0 Å². The second-order valence-corrected chi connectivity index (χ2v) is 6.81. The molecule has 0 saturated heterocycles. The number of methoxy groups -OCH3 is 1. The molecule has 0 radical (unpaired) electrons. The van der Waals surface area contributed by atoms with Crippen LogP contribution >= 0.6 is 23.2 Å². The Balaban J connectivity index is 1.63. The highest BCUT2D eigenvalue weighted by Gasteiger charge is 2.33. The number of rotatable bonds is 7. The Morgan fingerprint density at radius 3 is 2.36 bits per heavy atom. The van der Waals surface area contributed by atoms with Gasteiger partial charge in [-0.05, 0) is 48.6 Å². The molecule has 1 aliphatic carbocycles. The van der Waals surface area contributed by atoms with Gasteiger partial charge in [0.05, 0.1) is 23.2 Å². The highest BCUT2D eigenvalue weighted by molar-refractivity contribution is 6.37. The van der Waals surface area contributed by atoms with Gasteiger partial charge < -0.3 is 14.8 Å². The van der Waals surface area contributed by atoms with E-state index in [0.717, 1.165) is 24.2 Å². The molecule has 25 heavy (non-hydrogen) atoms. The van der Waals surface area contributed by atoms with Crippen LogP contribution in [0.4, 0.5) is 0 Å². The zero-order chi connectivity index (χ0) is 17.8. The lowest BCUT2D eigenvalue weighted by molar-refractivity contribution is -0.124. The van der Waals surface area contributed by atoms with Crippen LogP contribution in [0.2, 0.25) is 10.0 Å². The largest absolute Gasteiger partial charge is 0.497 e. The van der Waals surface area contributed by atoms with Crippen molar-refractivity contribution >= 4 is 29.1 Å². The maximum atomic E-state index is 12.3. The van der Waals surface area contributed by atoms with E-state index in [1.807, 2.05) is 24.3 Å². The van der Waals surface area contributed by atoms with Gasteiger partial charge in [-0.1, -0.05) is 41.4 Å². The molecule has 1 unspecified atom stereocenters. The number of hydrogen-bond donors (Lipinski definition) is 1. The Kier molecular flexibility index (Phi) is 5.71. The molecule has 2 aromatic rings. The van der Waals surface area contributed by atoms with Crippen molar-refractivity contribution in [2.75, 3.05) is 13.7 Å². The molecule has 1 N–H and O–H groups in total. The van der Waals surface area contributed by atoms with Gasteiger partial charge in [0.2, 0.25) is 0 Å². The first-order valence-corrected chi connectivity index (χ1v) is 8.84. The molecule has 1 saturated carbocycles. The van der Waals surface area contributed by atoms with Crippen LogP contribution in [0.25, 0.3) is 0 Å². The first kappa shape index (κ1) is 17.9. The summed E-state index contributed by atoms with van der Waals surface area (Å²) < 4.78 is 10.7. The Hall–Kier alpha value is -1.91. The van der Waals surface area contributed by atoms with Crippen molar-refractivity contribution in [1.29, 1.82) is 0 Å². The zero-order valence-corrected chi connectivity index (χ0v) is 15.3. The van der Waals surface area contributed by atoms with Crippen LogP contribution in [0.1, 0.15) is 24.4 Å². The van der Waals surface area contributed by atoms with Crippen molar-refractivity contribution in [1.82, 2.24) is 5.32 Å². The summed E-state index contributed by atoms with van der Waals surface area (Å²) in [5.74, 6) is 1.37. The monoisotopic (exact) mass is 379 g/mol. The predicted octanol–water partition coefficient (Wildman–Crippen LogP) is 4.65. The third-order valence-corrected chi connectivity index (χ3v) is 4.75. The van der Waals surface area contributed by atoms with Crippen LogP contribution in [0.3, 0.4) is 0 Å². The average Bonchev–Trinajstić information content (AvgIpc) is 3.44. The molecule has 132 valence electrons. The van der Waals surface area contributed by atoms with Gasteiger partial charge in [0.15, 0.2) is 12.4 Å². The lowest BCUT2D eigenvalue weighted by Gasteiger charge is -2.19. The number of para-hydroxylation sites is 1. The van der Waals surface area contributed by atoms with Crippen molar-refractivity contribution in [2.24, 2.45) is 5.92 Å². The number of carbonyl (C=O) groups is 1. The molecule has 1 aliphatic rings. The minimum absolute atomic E-state index is 0.0243. The molecule has 0 bridgehead atoms. The van der Waals surface area contributed by atoms with Crippen LogP contribution in [0.15, 0.2) is 42.5 Å². The summed E-state index contributed by atoms with van der Waals surface area (Å²) in [6.45, 7) is -0.136. The fraction of sp³-hybridized carbons (Fsp3) is 0.316.